The molecule has 0 spiro atoms. The molecule has 1 N–H and O–H groups in total. The second kappa shape index (κ2) is 8.45. The predicted molar refractivity (Wildman–Crippen MR) is 95.0 cm³/mol. The summed E-state index contributed by atoms with van der Waals surface area (Å²) in [5, 5.41) is 9.71. The van der Waals surface area contributed by atoms with Gasteiger partial charge in [-0.2, -0.15) is 0 Å². The van der Waals surface area contributed by atoms with Gasteiger partial charge in [0.2, 0.25) is 11.8 Å². The van der Waals surface area contributed by atoms with E-state index in [2.05, 4.69) is 12.1 Å². The van der Waals surface area contributed by atoms with Crippen LogP contribution in [0.25, 0.3) is 0 Å². The van der Waals surface area contributed by atoms with Gasteiger partial charge in [-0.15, -0.1) is 0 Å². The molecule has 6 heteroatoms. The van der Waals surface area contributed by atoms with E-state index in [9.17, 15) is 14.7 Å². The number of piperazine rings is 1. The van der Waals surface area contributed by atoms with Crippen molar-refractivity contribution in [1.82, 2.24) is 14.7 Å². The predicted octanol–water partition coefficient (Wildman–Crippen LogP) is 0.357. The smallest absolute Gasteiger partial charge is 0.242 e. The van der Waals surface area contributed by atoms with Crippen molar-refractivity contribution in [3.63, 3.8) is 0 Å². The maximum absolute atomic E-state index is 12.4. The van der Waals surface area contributed by atoms with Gasteiger partial charge >= 0.3 is 0 Å². The van der Waals surface area contributed by atoms with Crippen LogP contribution < -0.4 is 0 Å². The third kappa shape index (κ3) is 5.03. The molecule has 1 atom stereocenters. The van der Waals surface area contributed by atoms with Crippen molar-refractivity contribution in [2.24, 2.45) is 0 Å². The first-order valence-electron chi connectivity index (χ1n) is 9.12. The molecule has 6 nitrogen and oxygen atoms in total. The minimum Gasteiger partial charge on any atom is -0.392 e. The zero-order valence-corrected chi connectivity index (χ0v) is 14.6. The lowest BCUT2D eigenvalue weighted by molar-refractivity contribution is -0.146. The van der Waals surface area contributed by atoms with E-state index in [-0.39, 0.29) is 24.5 Å². The number of carbonyl (C=O) groups excluding carboxylic acids is 2. The van der Waals surface area contributed by atoms with Crippen LogP contribution in [0, 0.1) is 0 Å². The van der Waals surface area contributed by atoms with E-state index in [4.69, 9.17) is 0 Å². The Morgan fingerprint density at radius 1 is 1.16 bits per heavy atom. The van der Waals surface area contributed by atoms with E-state index in [1.807, 2.05) is 28.0 Å². The highest BCUT2D eigenvalue weighted by molar-refractivity contribution is 5.86. The molecule has 0 saturated carbocycles. The minimum atomic E-state index is -0.335. The Kier molecular flexibility index (Phi) is 6.04. The molecule has 2 heterocycles. The summed E-state index contributed by atoms with van der Waals surface area (Å²) in [6.45, 7) is 3.75. The molecule has 25 heavy (non-hydrogen) atoms. The average molecular weight is 345 g/mol. The Labute approximate surface area is 149 Å². The van der Waals surface area contributed by atoms with Gasteiger partial charge in [0.05, 0.1) is 19.2 Å². The van der Waals surface area contributed by atoms with E-state index in [0.717, 1.165) is 25.8 Å². The van der Waals surface area contributed by atoms with Gasteiger partial charge in [0.15, 0.2) is 0 Å². The van der Waals surface area contributed by atoms with Crippen LogP contribution in [0.1, 0.15) is 18.4 Å². The molecule has 0 radical (unpaired) electrons. The summed E-state index contributed by atoms with van der Waals surface area (Å²) >= 11 is 0. The topological polar surface area (TPSA) is 64.1 Å². The third-order valence-corrected chi connectivity index (χ3v) is 5.02. The number of carbonyl (C=O) groups is 2. The normalized spacial score (nSPS) is 22.3. The minimum absolute atomic E-state index is 0.00911. The molecular formula is C19H27N3O3. The summed E-state index contributed by atoms with van der Waals surface area (Å²) in [5.74, 6) is 0.0133. The maximum atomic E-state index is 12.4. The van der Waals surface area contributed by atoms with E-state index in [1.165, 1.54) is 5.56 Å². The van der Waals surface area contributed by atoms with Crippen LogP contribution in [0.5, 0.6) is 0 Å². The summed E-state index contributed by atoms with van der Waals surface area (Å²) in [7, 11) is 0. The fourth-order valence-electron chi connectivity index (χ4n) is 3.53. The number of likely N-dealkylation sites (tertiary alicyclic amines) is 1. The number of aliphatic hydroxyl groups excluding tert-OH is 1. The standard InChI is InChI=1S/C19H27N3O3/c23-17-7-4-9-20(13-17)14-18(24)22-12-11-21(19(25)15-22)10-8-16-5-2-1-3-6-16/h1-3,5-6,17,23H,4,7-15H2. The Morgan fingerprint density at radius 2 is 1.96 bits per heavy atom. The number of hydrogen-bond acceptors (Lipinski definition) is 4. The van der Waals surface area contributed by atoms with Gasteiger partial charge in [-0.3, -0.25) is 14.5 Å². The Bertz CT molecular complexity index is 593. The van der Waals surface area contributed by atoms with Gasteiger partial charge in [-0.1, -0.05) is 30.3 Å². The van der Waals surface area contributed by atoms with Crippen LogP contribution in [0.4, 0.5) is 0 Å². The van der Waals surface area contributed by atoms with Crippen molar-refractivity contribution in [1.29, 1.82) is 0 Å². The molecule has 1 unspecified atom stereocenters. The highest BCUT2D eigenvalue weighted by Crippen LogP contribution is 2.11. The van der Waals surface area contributed by atoms with Gasteiger partial charge in [-0.05, 0) is 31.4 Å². The second-order valence-electron chi connectivity index (χ2n) is 6.96. The summed E-state index contributed by atoms with van der Waals surface area (Å²) in [4.78, 5) is 30.3. The van der Waals surface area contributed by atoms with Crippen molar-refractivity contribution in [3.8, 4) is 0 Å². The molecular weight excluding hydrogens is 318 g/mol. The number of piperidine rings is 1. The molecule has 0 aliphatic carbocycles. The molecule has 136 valence electrons. The molecule has 1 aromatic carbocycles. The van der Waals surface area contributed by atoms with Gasteiger partial charge in [-0.25, -0.2) is 0 Å². The number of aliphatic hydroxyl groups is 1. The molecule has 2 aliphatic rings. The Morgan fingerprint density at radius 3 is 2.68 bits per heavy atom. The Balaban J connectivity index is 1.44. The van der Waals surface area contributed by atoms with Crippen molar-refractivity contribution < 1.29 is 14.7 Å². The lowest BCUT2D eigenvalue weighted by atomic mass is 10.1. The Hall–Kier alpha value is -1.92. The number of nitrogens with zero attached hydrogens (tertiary/aromatic N) is 3. The van der Waals surface area contributed by atoms with E-state index < -0.39 is 0 Å². The lowest BCUT2D eigenvalue weighted by Gasteiger charge is -2.36. The van der Waals surface area contributed by atoms with Crippen LogP contribution in [-0.4, -0.2) is 83.5 Å². The quantitative estimate of drug-likeness (QED) is 0.837. The third-order valence-electron chi connectivity index (χ3n) is 5.02. The summed E-state index contributed by atoms with van der Waals surface area (Å²) < 4.78 is 0. The second-order valence-corrected chi connectivity index (χ2v) is 6.96. The van der Waals surface area contributed by atoms with Gasteiger partial charge in [0.25, 0.3) is 0 Å². The van der Waals surface area contributed by atoms with Crippen LogP contribution in [0.15, 0.2) is 30.3 Å². The van der Waals surface area contributed by atoms with E-state index >= 15 is 0 Å². The van der Waals surface area contributed by atoms with Gasteiger partial charge in [0.1, 0.15) is 0 Å². The van der Waals surface area contributed by atoms with Crippen molar-refractivity contribution in [3.05, 3.63) is 35.9 Å². The van der Waals surface area contributed by atoms with Crippen LogP contribution >= 0.6 is 0 Å². The first kappa shape index (κ1) is 17.9. The van der Waals surface area contributed by atoms with Crippen molar-refractivity contribution >= 4 is 11.8 Å². The largest absolute Gasteiger partial charge is 0.392 e. The SMILES string of the molecule is O=C1CN(C(=O)CN2CCCC(O)C2)CCN1CCc1ccccc1. The number of hydrogen-bond donors (Lipinski definition) is 1. The molecule has 2 amide bonds. The molecule has 2 fully saturated rings. The highest BCUT2D eigenvalue weighted by Gasteiger charge is 2.28. The van der Waals surface area contributed by atoms with Crippen LogP contribution in [0.3, 0.4) is 0 Å². The fraction of sp³-hybridized carbons (Fsp3) is 0.579. The van der Waals surface area contributed by atoms with Crippen LogP contribution in [-0.2, 0) is 16.0 Å². The summed E-state index contributed by atoms with van der Waals surface area (Å²) in [6, 6.07) is 10.1. The average Bonchev–Trinajstić information content (AvgIpc) is 2.61. The monoisotopic (exact) mass is 345 g/mol. The molecule has 1 aromatic rings. The van der Waals surface area contributed by atoms with Gasteiger partial charge < -0.3 is 14.9 Å². The van der Waals surface area contributed by atoms with Gasteiger partial charge in [0, 0.05) is 26.2 Å². The highest BCUT2D eigenvalue weighted by atomic mass is 16.3. The van der Waals surface area contributed by atoms with Crippen LogP contribution in [0.2, 0.25) is 0 Å². The lowest BCUT2D eigenvalue weighted by Crippen LogP contribution is -2.55. The molecule has 0 aromatic heterocycles. The molecule has 2 aliphatic heterocycles. The molecule has 3 rings (SSSR count). The number of β-amino-alcohol motifs (C(OH)–C–C–N with tert-alkyl or cyclic N) is 1. The van der Waals surface area contributed by atoms with Crippen molar-refractivity contribution in [2.75, 3.05) is 45.8 Å². The van der Waals surface area contributed by atoms with Crippen molar-refractivity contribution in [2.45, 2.75) is 25.4 Å². The number of rotatable bonds is 5. The fourth-order valence-corrected chi connectivity index (χ4v) is 3.53. The number of benzene rings is 1. The first-order valence-corrected chi connectivity index (χ1v) is 9.12. The van der Waals surface area contributed by atoms with E-state index in [0.29, 0.717) is 32.7 Å². The van der Waals surface area contributed by atoms with E-state index in [1.54, 1.807) is 4.90 Å². The molecule has 0 bridgehead atoms. The first-order chi connectivity index (χ1) is 12.1. The zero-order valence-electron chi connectivity index (χ0n) is 14.6. The summed E-state index contributed by atoms with van der Waals surface area (Å²) in [5.41, 5.74) is 1.22. The maximum Gasteiger partial charge on any atom is 0.242 e. The zero-order chi connectivity index (χ0) is 17.6. The molecule has 2 saturated heterocycles. The summed E-state index contributed by atoms with van der Waals surface area (Å²) in [6.07, 6.45) is 2.23. The number of amides is 2.